The minimum atomic E-state index is 0.813. The molecule has 0 unspecified atom stereocenters. The summed E-state index contributed by atoms with van der Waals surface area (Å²) in [7, 11) is 0. The summed E-state index contributed by atoms with van der Waals surface area (Å²) in [6.45, 7) is 3.92. The molecular weight excluding hydrogens is 268 g/mol. The van der Waals surface area contributed by atoms with Crippen molar-refractivity contribution in [2.45, 2.75) is 13.5 Å². The molecule has 20 heavy (non-hydrogen) atoms. The molecule has 102 valence electrons. The molecule has 0 fully saturated rings. The van der Waals surface area contributed by atoms with E-state index in [2.05, 4.69) is 59.4 Å². The third-order valence-electron chi connectivity index (χ3n) is 3.57. The van der Waals surface area contributed by atoms with Crippen molar-refractivity contribution in [2.75, 3.05) is 11.9 Å². The van der Waals surface area contributed by atoms with Gasteiger partial charge < -0.3 is 9.88 Å². The van der Waals surface area contributed by atoms with E-state index < -0.39 is 0 Å². The van der Waals surface area contributed by atoms with Crippen LogP contribution in [0.25, 0.3) is 10.9 Å². The lowest BCUT2D eigenvalue weighted by Crippen LogP contribution is -2.10. The lowest BCUT2D eigenvalue weighted by molar-refractivity contribution is 0.757. The molecule has 2 aromatic carbocycles. The predicted molar refractivity (Wildman–Crippen MR) is 86.6 cm³/mol. The fourth-order valence-electron chi connectivity index (χ4n) is 2.46. The number of nitrogens with one attached hydrogen (secondary N) is 1. The maximum Gasteiger partial charge on any atom is 0.0499 e. The Morgan fingerprint density at radius 1 is 1.05 bits per heavy atom. The highest BCUT2D eigenvalue weighted by atomic mass is 35.5. The Labute approximate surface area is 124 Å². The number of anilines is 1. The van der Waals surface area contributed by atoms with E-state index in [1.54, 1.807) is 0 Å². The van der Waals surface area contributed by atoms with Gasteiger partial charge in [0, 0.05) is 40.9 Å². The number of fused-ring (bicyclic) bond motifs is 1. The molecule has 3 rings (SSSR count). The molecule has 0 atom stereocenters. The number of aromatic nitrogens is 1. The van der Waals surface area contributed by atoms with Crippen LogP contribution < -0.4 is 5.32 Å². The molecule has 3 aromatic rings. The lowest BCUT2D eigenvalue weighted by Gasteiger charge is -2.10. The van der Waals surface area contributed by atoms with E-state index in [4.69, 9.17) is 11.6 Å². The number of aryl methyl sites for hydroxylation is 1. The molecule has 0 amide bonds. The number of rotatable bonds is 4. The third-order valence-corrected chi connectivity index (χ3v) is 3.90. The van der Waals surface area contributed by atoms with E-state index in [-0.39, 0.29) is 0 Å². The van der Waals surface area contributed by atoms with Gasteiger partial charge in [-0.05, 0) is 36.8 Å². The van der Waals surface area contributed by atoms with E-state index in [1.807, 2.05) is 12.1 Å². The average Bonchev–Trinajstić information content (AvgIpc) is 2.86. The van der Waals surface area contributed by atoms with Crippen LogP contribution in [0.15, 0.2) is 54.7 Å². The summed E-state index contributed by atoms with van der Waals surface area (Å²) in [4.78, 5) is 0. The zero-order valence-corrected chi connectivity index (χ0v) is 12.2. The molecule has 0 aliphatic heterocycles. The van der Waals surface area contributed by atoms with Crippen LogP contribution in [0.4, 0.5) is 5.69 Å². The summed E-state index contributed by atoms with van der Waals surface area (Å²) in [5.41, 5.74) is 3.65. The van der Waals surface area contributed by atoms with Gasteiger partial charge in [0.2, 0.25) is 0 Å². The SMILES string of the molecule is Cc1ccccc1NCCn1ccc2c(Cl)cccc21. The maximum absolute atomic E-state index is 6.19. The standard InChI is InChI=1S/C17H17ClN2/c1-13-5-2-3-7-16(13)19-10-12-20-11-9-14-15(18)6-4-8-17(14)20/h2-9,11,19H,10,12H2,1H3. The number of para-hydroxylation sites is 1. The topological polar surface area (TPSA) is 17.0 Å². The van der Waals surface area contributed by atoms with Crippen LogP contribution in [0.1, 0.15) is 5.56 Å². The Bertz CT molecular complexity index is 731. The fraction of sp³-hybridized carbons (Fsp3) is 0.176. The second-order valence-electron chi connectivity index (χ2n) is 4.92. The Balaban J connectivity index is 1.72. The van der Waals surface area contributed by atoms with Gasteiger partial charge in [-0.3, -0.25) is 0 Å². The van der Waals surface area contributed by atoms with E-state index in [1.165, 1.54) is 16.8 Å². The van der Waals surface area contributed by atoms with Crippen LogP contribution in [-0.4, -0.2) is 11.1 Å². The molecule has 3 heteroatoms. The first kappa shape index (κ1) is 13.1. The fourth-order valence-corrected chi connectivity index (χ4v) is 2.70. The van der Waals surface area contributed by atoms with Crippen LogP contribution in [-0.2, 0) is 6.54 Å². The molecule has 1 N–H and O–H groups in total. The number of nitrogens with zero attached hydrogens (tertiary/aromatic N) is 1. The van der Waals surface area contributed by atoms with Crippen LogP contribution >= 0.6 is 11.6 Å². The number of halogens is 1. The lowest BCUT2D eigenvalue weighted by atomic mass is 10.2. The highest BCUT2D eigenvalue weighted by Crippen LogP contribution is 2.24. The van der Waals surface area contributed by atoms with Crippen LogP contribution in [0.2, 0.25) is 5.02 Å². The highest BCUT2D eigenvalue weighted by molar-refractivity contribution is 6.35. The molecule has 0 radical (unpaired) electrons. The monoisotopic (exact) mass is 284 g/mol. The van der Waals surface area contributed by atoms with Crippen molar-refractivity contribution in [3.63, 3.8) is 0 Å². The summed E-state index contributed by atoms with van der Waals surface area (Å²) in [6, 6.07) is 16.4. The summed E-state index contributed by atoms with van der Waals surface area (Å²) in [5, 5.41) is 5.41. The van der Waals surface area contributed by atoms with Gasteiger partial charge in [-0.1, -0.05) is 35.9 Å². The van der Waals surface area contributed by atoms with Gasteiger partial charge in [-0.25, -0.2) is 0 Å². The number of hydrogen-bond donors (Lipinski definition) is 1. The molecule has 1 aromatic heterocycles. The molecule has 0 saturated carbocycles. The van der Waals surface area contributed by atoms with Crippen LogP contribution in [0.3, 0.4) is 0 Å². The largest absolute Gasteiger partial charge is 0.383 e. The Hall–Kier alpha value is -1.93. The van der Waals surface area contributed by atoms with E-state index in [9.17, 15) is 0 Å². The van der Waals surface area contributed by atoms with E-state index in [0.29, 0.717) is 0 Å². The Morgan fingerprint density at radius 2 is 1.90 bits per heavy atom. The molecule has 2 nitrogen and oxygen atoms in total. The maximum atomic E-state index is 6.19. The molecule has 0 aliphatic rings. The van der Waals surface area contributed by atoms with E-state index >= 15 is 0 Å². The quantitative estimate of drug-likeness (QED) is 0.734. The summed E-state index contributed by atoms with van der Waals surface area (Å²) >= 11 is 6.19. The Morgan fingerprint density at radius 3 is 2.75 bits per heavy atom. The molecular formula is C17H17ClN2. The molecule has 0 spiro atoms. The number of benzene rings is 2. The smallest absolute Gasteiger partial charge is 0.0499 e. The van der Waals surface area contributed by atoms with Gasteiger partial charge in [0.25, 0.3) is 0 Å². The second kappa shape index (κ2) is 5.59. The molecule has 0 bridgehead atoms. The van der Waals surface area contributed by atoms with E-state index in [0.717, 1.165) is 23.5 Å². The normalized spacial score (nSPS) is 10.9. The third kappa shape index (κ3) is 2.52. The van der Waals surface area contributed by atoms with Gasteiger partial charge in [-0.15, -0.1) is 0 Å². The van der Waals surface area contributed by atoms with Crippen molar-refractivity contribution >= 4 is 28.2 Å². The summed E-state index contributed by atoms with van der Waals surface area (Å²) < 4.78 is 2.23. The number of hydrogen-bond acceptors (Lipinski definition) is 1. The molecule has 0 saturated heterocycles. The predicted octanol–water partition coefficient (Wildman–Crippen LogP) is 4.72. The van der Waals surface area contributed by atoms with Crippen molar-refractivity contribution < 1.29 is 0 Å². The van der Waals surface area contributed by atoms with Gasteiger partial charge in [-0.2, -0.15) is 0 Å². The molecule has 0 aliphatic carbocycles. The minimum absolute atomic E-state index is 0.813. The van der Waals surface area contributed by atoms with Crippen molar-refractivity contribution in [1.29, 1.82) is 0 Å². The minimum Gasteiger partial charge on any atom is -0.383 e. The van der Waals surface area contributed by atoms with Crippen molar-refractivity contribution in [3.05, 3.63) is 65.3 Å². The second-order valence-corrected chi connectivity index (χ2v) is 5.33. The van der Waals surface area contributed by atoms with Gasteiger partial charge in [0.05, 0.1) is 0 Å². The van der Waals surface area contributed by atoms with Crippen molar-refractivity contribution in [3.8, 4) is 0 Å². The van der Waals surface area contributed by atoms with Crippen molar-refractivity contribution in [2.24, 2.45) is 0 Å². The zero-order valence-electron chi connectivity index (χ0n) is 11.4. The highest BCUT2D eigenvalue weighted by Gasteiger charge is 2.03. The van der Waals surface area contributed by atoms with Gasteiger partial charge in [0.15, 0.2) is 0 Å². The first-order valence-corrected chi connectivity index (χ1v) is 7.16. The van der Waals surface area contributed by atoms with Gasteiger partial charge >= 0.3 is 0 Å². The average molecular weight is 285 g/mol. The van der Waals surface area contributed by atoms with Crippen molar-refractivity contribution in [1.82, 2.24) is 4.57 Å². The molecule has 1 heterocycles. The van der Waals surface area contributed by atoms with Crippen LogP contribution in [0.5, 0.6) is 0 Å². The summed E-state index contributed by atoms with van der Waals surface area (Å²) in [6.07, 6.45) is 2.09. The summed E-state index contributed by atoms with van der Waals surface area (Å²) in [5.74, 6) is 0. The first-order chi connectivity index (χ1) is 9.75. The first-order valence-electron chi connectivity index (χ1n) is 6.78. The Kier molecular flexibility index (Phi) is 3.66. The van der Waals surface area contributed by atoms with Gasteiger partial charge in [0.1, 0.15) is 0 Å². The van der Waals surface area contributed by atoms with Crippen LogP contribution in [0, 0.1) is 6.92 Å². The zero-order chi connectivity index (χ0) is 13.9.